The SMILES string of the molecule is CC1C=CC=CC1(C)I. The van der Waals surface area contributed by atoms with E-state index >= 15 is 0 Å². The highest BCUT2D eigenvalue weighted by molar-refractivity contribution is 14.1. The van der Waals surface area contributed by atoms with Gasteiger partial charge in [0.2, 0.25) is 0 Å². The summed E-state index contributed by atoms with van der Waals surface area (Å²) in [6.07, 6.45) is 8.72. The van der Waals surface area contributed by atoms with Gasteiger partial charge in [-0.15, -0.1) is 0 Å². The summed E-state index contributed by atoms with van der Waals surface area (Å²) in [6.45, 7) is 4.49. The second-order valence-electron chi connectivity index (χ2n) is 2.68. The molecule has 0 saturated heterocycles. The predicted molar refractivity (Wildman–Crippen MR) is 49.9 cm³/mol. The van der Waals surface area contributed by atoms with Crippen LogP contribution in [0.4, 0.5) is 0 Å². The summed E-state index contributed by atoms with van der Waals surface area (Å²) in [6, 6.07) is 0. The monoisotopic (exact) mass is 234 g/mol. The van der Waals surface area contributed by atoms with Crippen molar-refractivity contribution in [3.05, 3.63) is 24.3 Å². The van der Waals surface area contributed by atoms with Gasteiger partial charge in [0.15, 0.2) is 0 Å². The summed E-state index contributed by atoms with van der Waals surface area (Å²) >= 11 is 2.48. The van der Waals surface area contributed by atoms with Crippen LogP contribution in [0.15, 0.2) is 24.3 Å². The lowest BCUT2D eigenvalue weighted by atomic mass is 9.92. The molecule has 0 radical (unpaired) electrons. The van der Waals surface area contributed by atoms with Gasteiger partial charge in [-0.1, -0.05) is 53.8 Å². The molecule has 0 nitrogen and oxygen atoms in total. The maximum Gasteiger partial charge on any atom is 0.0435 e. The molecule has 0 amide bonds. The third kappa shape index (κ3) is 1.57. The molecule has 2 unspecified atom stereocenters. The Hall–Kier alpha value is 0.210. The first-order valence-corrected chi connectivity index (χ1v) is 4.26. The molecule has 1 heteroatoms. The fourth-order valence-corrected chi connectivity index (χ4v) is 1.23. The number of alkyl halides is 1. The molecule has 0 aliphatic heterocycles. The number of allylic oxidation sites excluding steroid dienone is 4. The average Bonchev–Trinajstić information content (AvgIpc) is 1.77. The third-order valence-corrected chi connectivity index (χ3v) is 3.17. The Bertz CT molecular complexity index is 154. The van der Waals surface area contributed by atoms with Crippen molar-refractivity contribution in [1.29, 1.82) is 0 Å². The first-order valence-electron chi connectivity index (χ1n) is 3.18. The van der Waals surface area contributed by atoms with Gasteiger partial charge in [-0.25, -0.2) is 0 Å². The summed E-state index contributed by atoms with van der Waals surface area (Å²) in [5, 5.41) is 0. The Morgan fingerprint density at radius 2 is 2.11 bits per heavy atom. The lowest BCUT2D eigenvalue weighted by molar-refractivity contribution is 0.626. The zero-order valence-corrected chi connectivity index (χ0v) is 7.92. The van der Waals surface area contributed by atoms with E-state index in [9.17, 15) is 0 Å². The first-order chi connectivity index (χ1) is 4.13. The Labute approximate surface area is 70.2 Å². The molecule has 50 valence electrons. The smallest absolute Gasteiger partial charge is 0.0435 e. The number of halogens is 1. The Morgan fingerprint density at radius 3 is 2.44 bits per heavy atom. The Kier molecular flexibility index (Phi) is 1.99. The maximum absolute atomic E-state index is 2.48. The molecule has 0 heterocycles. The van der Waals surface area contributed by atoms with Crippen molar-refractivity contribution in [3.63, 3.8) is 0 Å². The fraction of sp³-hybridized carbons (Fsp3) is 0.500. The summed E-state index contributed by atoms with van der Waals surface area (Å²) < 4.78 is 0.340. The maximum atomic E-state index is 2.48. The number of rotatable bonds is 0. The van der Waals surface area contributed by atoms with Crippen molar-refractivity contribution in [2.24, 2.45) is 5.92 Å². The van der Waals surface area contributed by atoms with Crippen LogP contribution in [0.5, 0.6) is 0 Å². The van der Waals surface area contributed by atoms with Crippen molar-refractivity contribution in [2.45, 2.75) is 17.3 Å². The standard InChI is InChI=1S/C8H11I/c1-7-5-3-4-6-8(7,2)9/h3-7H,1-2H3. The van der Waals surface area contributed by atoms with Crippen LogP contribution in [0.2, 0.25) is 0 Å². The van der Waals surface area contributed by atoms with Gasteiger partial charge in [0, 0.05) is 3.42 Å². The van der Waals surface area contributed by atoms with Crippen molar-refractivity contribution >= 4 is 22.6 Å². The molecular formula is C8H11I. The molecule has 0 spiro atoms. The minimum absolute atomic E-state index is 0.340. The lowest BCUT2D eigenvalue weighted by Crippen LogP contribution is -2.22. The molecule has 0 aromatic rings. The average molecular weight is 234 g/mol. The van der Waals surface area contributed by atoms with E-state index in [1.54, 1.807) is 0 Å². The predicted octanol–water partition coefficient (Wildman–Crippen LogP) is 2.94. The Balaban J connectivity index is 2.78. The minimum Gasteiger partial charge on any atom is -0.0801 e. The molecule has 0 aromatic carbocycles. The van der Waals surface area contributed by atoms with Crippen molar-refractivity contribution in [1.82, 2.24) is 0 Å². The molecule has 1 aliphatic rings. The molecule has 0 fully saturated rings. The van der Waals surface area contributed by atoms with Crippen LogP contribution >= 0.6 is 22.6 Å². The second kappa shape index (κ2) is 2.45. The van der Waals surface area contributed by atoms with E-state index in [2.05, 4.69) is 60.7 Å². The van der Waals surface area contributed by atoms with Crippen LogP contribution in [-0.4, -0.2) is 3.42 Å². The molecule has 0 bridgehead atoms. The van der Waals surface area contributed by atoms with Crippen molar-refractivity contribution in [3.8, 4) is 0 Å². The Morgan fingerprint density at radius 1 is 1.44 bits per heavy atom. The zero-order chi connectivity index (χ0) is 6.91. The molecule has 0 saturated carbocycles. The fourth-order valence-electron chi connectivity index (χ4n) is 0.814. The van der Waals surface area contributed by atoms with E-state index in [1.165, 1.54) is 0 Å². The minimum atomic E-state index is 0.340. The van der Waals surface area contributed by atoms with E-state index in [0.29, 0.717) is 9.34 Å². The van der Waals surface area contributed by atoms with E-state index < -0.39 is 0 Å². The van der Waals surface area contributed by atoms with Gasteiger partial charge in [0.05, 0.1) is 0 Å². The molecule has 9 heavy (non-hydrogen) atoms. The highest BCUT2D eigenvalue weighted by Crippen LogP contribution is 2.32. The van der Waals surface area contributed by atoms with Crippen LogP contribution in [0, 0.1) is 5.92 Å². The molecule has 0 N–H and O–H groups in total. The topological polar surface area (TPSA) is 0 Å². The molecule has 1 aliphatic carbocycles. The van der Waals surface area contributed by atoms with Crippen molar-refractivity contribution < 1.29 is 0 Å². The quantitative estimate of drug-likeness (QED) is 0.446. The van der Waals surface area contributed by atoms with E-state index in [0.717, 1.165) is 0 Å². The van der Waals surface area contributed by atoms with Gasteiger partial charge >= 0.3 is 0 Å². The van der Waals surface area contributed by atoms with Gasteiger partial charge in [0.25, 0.3) is 0 Å². The van der Waals surface area contributed by atoms with E-state index in [1.807, 2.05) is 0 Å². The highest BCUT2D eigenvalue weighted by Gasteiger charge is 2.23. The van der Waals surface area contributed by atoms with Gasteiger partial charge in [-0.3, -0.25) is 0 Å². The van der Waals surface area contributed by atoms with Crippen LogP contribution in [-0.2, 0) is 0 Å². The van der Waals surface area contributed by atoms with Gasteiger partial charge in [0.1, 0.15) is 0 Å². The molecular weight excluding hydrogens is 223 g/mol. The molecule has 2 atom stereocenters. The van der Waals surface area contributed by atoms with Crippen LogP contribution < -0.4 is 0 Å². The summed E-state index contributed by atoms with van der Waals surface area (Å²) in [5.41, 5.74) is 0. The van der Waals surface area contributed by atoms with E-state index in [4.69, 9.17) is 0 Å². The first kappa shape index (κ1) is 7.32. The van der Waals surface area contributed by atoms with Crippen LogP contribution in [0.3, 0.4) is 0 Å². The lowest BCUT2D eigenvalue weighted by Gasteiger charge is -2.25. The summed E-state index contributed by atoms with van der Waals surface area (Å²) in [7, 11) is 0. The highest BCUT2D eigenvalue weighted by atomic mass is 127. The van der Waals surface area contributed by atoms with Gasteiger partial charge < -0.3 is 0 Å². The van der Waals surface area contributed by atoms with Gasteiger partial charge in [-0.2, -0.15) is 0 Å². The van der Waals surface area contributed by atoms with Crippen LogP contribution in [0.25, 0.3) is 0 Å². The second-order valence-corrected chi connectivity index (χ2v) is 5.01. The number of hydrogen-bond donors (Lipinski definition) is 0. The molecule has 1 rings (SSSR count). The normalized spacial score (nSPS) is 41.4. The summed E-state index contributed by atoms with van der Waals surface area (Å²) in [4.78, 5) is 0. The van der Waals surface area contributed by atoms with Crippen molar-refractivity contribution in [2.75, 3.05) is 0 Å². The third-order valence-electron chi connectivity index (χ3n) is 1.82. The largest absolute Gasteiger partial charge is 0.0801 e. The summed E-state index contributed by atoms with van der Waals surface area (Å²) in [5.74, 6) is 0.670. The number of hydrogen-bond acceptors (Lipinski definition) is 0. The van der Waals surface area contributed by atoms with E-state index in [-0.39, 0.29) is 0 Å². The zero-order valence-electron chi connectivity index (χ0n) is 5.76. The van der Waals surface area contributed by atoms with Gasteiger partial charge in [-0.05, 0) is 12.8 Å². The van der Waals surface area contributed by atoms with Crippen LogP contribution in [0.1, 0.15) is 13.8 Å². The molecule has 0 aromatic heterocycles.